The molecule has 0 aliphatic heterocycles. The fourth-order valence-electron chi connectivity index (χ4n) is 4.45. The minimum atomic E-state index is -0.498. The first kappa shape index (κ1) is 19.8. The van der Waals surface area contributed by atoms with Crippen LogP contribution in [0.25, 0.3) is 11.1 Å². The predicted octanol–water partition coefficient (Wildman–Crippen LogP) is 3.53. The zero-order valence-electron chi connectivity index (χ0n) is 17.4. The van der Waals surface area contributed by atoms with Crippen molar-refractivity contribution in [1.29, 1.82) is 0 Å². The summed E-state index contributed by atoms with van der Waals surface area (Å²) in [5, 5.41) is 0. The molecule has 1 heterocycles. The predicted molar refractivity (Wildman–Crippen MR) is 121 cm³/mol. The third-order valence-corrected chi connectivity index (χ3v) is 5.88. The Hall–Kier alpha value is -4.19. The van der Waals surface area contributed by atoms with Crippen molar-refractivity contribution in [3.63, 3.8) is 0 Å². The van der Waals surface area contributed by atoms with Crippen molar-refractivity contribution in [2.24, 2.45) is 0 Å². The van der Waals surface area contributed by atoms with Gasteiger partial charge >= 0.3 is 11.7 Å². The second-order valence-electron chi connectivity index (χ2n) is 7.77. The van der Waals surface area contributed by atoms with Crippen LogP contribution in [0.4, 0.5) is 0 Å². The van der Waals surface area contributed by atoms with Gasteiger partial charge in [0, 0.05) is 17.7 Å². The van der Waals surface area contributed by atoms with Crippen LogP contribution in [-0.4, -0.2) is 22.6 Å². The Labute approximate surface area is 183 Å². The number of carbonyl (C=O) groups is 1. The number of fused-ring (bicyclic) bond motifs is 3. The number of nitrogens with one attached hydrogen (secondary N) is 1. The lowest BCUT2D eigenvalue weighted by Gasteiger charge is -2.15. The van der Waals surface area contributed by atoms with Crippen molar-refractivity contribution in [2.75, 3.05) is 7.11 Å². The number of H-pyrrole nitrogens is 1. The van der Waals surface area contributed by atoms with Crippen LogP contribution in [0.15, 0.2) is 88.6 Å². The van der Waals surface area contributed by atoms with Crippen LogP contribution >= 0.6 is 0 Å². The van der Waals surface area contributed by atoms with Gasteiger partial charge in [0.15, 0.2) is 0 Å². The lowest BCUT2D eigenvalue weighted by atomic mass is 9.91. The molecule has 5 rings (SSSR count). The average molecular weight is 424 g/mol. The Kier molecular flexibility index (Phi) is 4.82. The Bertz CT molecular complexity index is 1420. The van der Waals surface area contributed by atoms with Crippen LogP contribution in [0.1, 0.15) is 38.5 Å². The Morgan fingerprint density at radius 3 is 2.22 bits per heavy atom. The first-order valence-electron chi connectivity index (χ1n) is 10.3. The molecule has 158 valence electrons. The lowest BCUT2D eigenvalue weighted by molar-refractivity contribution is 0.0600. The molecule has 0 fully saturated rings. The van der Waals surface area contributed by atoms with E-state index in [1.807, 2.05) is 42.5 Å². The van der Waals surface area contributed by atoms with Crippen LogP contribution in [0.2, 0.25) is 0 Å². The van der Waals surface area contributed by atoms with Gasteiger partial charge in [-0.3, -0.25) is 14.3 Å². The molecule has 3 aromatic carbocycles. The summed E-state index contributed by atoms with van der Waals surface area (Å²) in [4.78, 5) is 39.8. The Morgan fingerprint density at radius 2 is 1.56 bits per heavy atom. The molecule has 0 saturated carbocycles. The van der Waals surface area contributed by atoms with Gasteiger partial charge in [0.2, 0.25) is 0 Å². The van der Waals surface area contributed by atoms with Gasteiger partial charge in [0.25, 0.3) is 5.56 Å². The number of aromatic nitrogens is 2. The van der Waals surface area contributed by atoms with Crippen LogP contribution < -0.4 is 11.2 Å². The molecule has 1 aliphatic carbocycles. The molecule has 32 heavy (non-hydrogen) atoms. The molecule has 0 atom stereocenters. The topological polar surface area (TPSA) is 81.2 Å². The number of ether oxygens (including phenoxy) is 1. The van der Waals surface area contributed by atoms with Gasteiger partial charge in [0.05, 0.1) is 19.2 Å². The highest BCUT2D eigenvalue weighted by Gasteiger charge is 2.31. The second kappa shape index (κ2) is 7.81. The molecule has 1 N–H and O–H groups in total. The zero-order chi connectivity index (χ0) is 22.2. The van der Waals surface area contributed by atoms with Gasteiger partial charge in [-0.15, -0.1) is 0 Å². The van der Waals surface area contributed by atoms with Crippen LogP contribution in [-0.2, 0) is 11.3 Å². The minimum absolute atomic E-state index is 0.212. The molecular formula is C26H20N2O4. The number of aromatic amines is 1. The number of hydrogen-bond acceptors (Lipinski definition) is 4. The normalized spacial score (nSPS) is 12.3. The molecule has 4 aromatic rings. The van der Waals surface area contributed by atoms with E-state index in [0.29, 0.717) is 11.1 Å². The monoisotopic (exact) mass is 424 g/mol. The maximum absolute atomic E-state index is 12.9. The van der Waals surface area contributed by atoms with Crippen molar-refractivity contribution in [2.45, 2.75) is 12.5 Å². The Balaban J connectivity index is 1.61. The van der Waals surface area contributed by atoms with E-state index in [0.717, 1.165) is 27.8 Å². The molecule has 1 aliphatic rings. The number of rotatable bonds is 4. The fourth-order valence-corrected chi connectivity index (χ4v) is 4.45. The van der Waals surface area contributed by atoms with Crippen LogP contribution in [0.3, 0.4) is 0 Å². The number of benzene rings is 3. The molecule has 0 bridgehead atoms. The van der Waals surface area contributed by atoms with Crippen molar-refractivity contribution in [1.82, 2.24) is 9.55 Å². The van der Waals surface area contributed by atoms with E-state index in [1.54, 1.807) is 24.4 Å². The van der Waals surface area contributed by atoms with Crippen LogP contribution in [0, 0.1) is 0 Å². The summed E-state index contributed by atoms with van der Waals surface area (Å²) in [5.41, 5.74) is 5.03. The molecule has 1 aromatic heterocycles. The number of hydrogen-bond donors (Lipinski definition) is 1. The molecule has 0 saturated heterocycles. The van der Waals surface area contributed by atoms with Gasteiger partial charge in [0.1, 0.15) is 0 Å². The van der Waals surface area contributed by atoms with E-state index in [9.17, 15) is 14.4 Å². The number of methoxy groups -OCH3 is 1. The van der Waals surface area contributed by atoms with E-state index in [1.165, 1.54) is 11.7 Å². The standard InChI is InChI=1S/C26H20N2O4/c1-32-25(30)17-8-6-7-16(13-17)14-28-15-22(24(29)27-26(28)31)23-20-11-4-2-9-18(20)19-10-3-5-12-21(19)23/h2-13,15,23H,14H2,1H3,(H,27,29,31). The zero-order valence-corrected chi connectivity index (χ0v) is 17.4. The first-order chi connectivity index (χ1) is 15.6. The molecule has 0 amide bonds. The quantitative estimate of drug-likeness (QED) is 0.448. The third kappa shape index (κ3) is 3.26. The van der Waals surface area contributed by atoms with E-state index in [4.69, 9.17) is 4.74 Å². The Morgan fingerprint density at radius 1 is 0.906 bits per heavy atom. The second-order valence-corrected chi connectivity index (χ2v) is 7.77. The first-order valence-corrected chi connectivity index (χ1v) is 10.3. The summed E-state index contributed by atoms with van der Waals surface area (Å²) in [5.74, 6) is -0.708. The molecule has 6 nitrogen and oxygen atoms in total. The largest absolute Gasteiger partial charge is 0.465 e. The highest BCUT2D eigenvalue weighted by molar-refractivity contribution is 5.89. The minimum Gasteiger partial charge on any atom is -0.465 e. The van der Waals surface area contributed by atoms with E-state index < -0.39 is 17.2 Å². The summed E-state index contributed by atoms with van der Waals surface area (Å²) in [6, 6.07) is 22.9. The lowest BCUT2D eigenvalue weighted by Crippen LogP contribution is -2.33. The summed E-state index contributed by atoms with van der Waals surface area (Å²) >= 11 is 0. The highest BCUT2D eigenvalue weighted by Crippen LogP contribution is 2.46. The summed E-state index contributed by atoms with van der Waals surface area (Å²) in [7, 11) is 1.32. The number of nitrogens with zero attached hydrogens (tertiary/aromatic N) is 1. The molecule has 0 radical (unpaired) electrons. The number of esters is 1. The van der Waals surface area contributed by atoms with E-state index >= 15 is 0 Å². The van der Waals surface area contributed by atoms with Crippen molar-refractivity contribution < 1.29 is 9.53 Å². The summed E-state index contributed by atoms with van der Waals surface area (Å²) < 4.78 is 6.25. The molecule has 0 spiro atoms. The fraction of sp³-hybridized carbons (Fsp3) is 0.115. The molecular weight excluding hydrogens is 404 g/mol. The van der Waals surface area contributed by atoms with Crippen LogP contribution in [0.5, 0.6) is 0 Å². The molecule has 6 heteroatoms. The van der Waals surface area contributed by atoms with Gasteiger partial charge in [-0.2, -0.15) is 0 Å². The van der Waals surface area contributed by atoms with E-state index in [-0.39, 0.29) is 12.5 Å². The van der Waals surface area contributed by atoms with Gasteiger partial charge in [-0.1, -0.05) is 60.7 Å². The van der Waals surface area contributed by atoms with Crippen molar-refractivity contribution in [3.8, 4) is 11.1 Å². The van der Waals surface area contributed by atoms with Gasteiger partial charge < -0.3 is 4.74 Å². The maximum atomic E-state index is 12.9. The maximum Gasteiger partial charge on any atom is 0.337 e. The number of carbonyl (C=O) groups excluding carboxylic acids is 1. The van der Waals surface area contributed by atoms with Crippen molar-refractivity contribution in [3.05, 3.63) is 128 Å². The summed E-state index contributed by atoms with van der Waals surface area (Å²) in [6.45, 7) is 0.212. The molecule has 0 unspecified atom stereocenters. The third-order valence-electron chi connectivity index (χ3n) is 5.88. The SMILES string of the molecule is COC(=O)c1cccc(Cn2cc(C3c4ccccc4-c4ccccc43)c(=O)[nH]c2=O)c1. The summed E-state index contributed by atoms with van der Waals surface area (Å²) in [6.07, 6.45) is 1.63. The van der Waals surface area contributed by atoms with Gasteiger partial charge in [-0.25, -0.2) is 9.59 Å². The highest BCUT2D eigenvalue weighted by atomic mass is 16.5. The average Bonchev–Trinajstić information content (AvgIpc) is 3.15. The smallest absolute Gasteiger partial charge is 0.337 e. The van der Waals surface area contributed by atoms with Crippen molar-refractivity contribution >= 4 is 5.97 Å². The van der Waals surface area contributed by atoms with Gasteiger partial charge in [-0.05, 0) is 39.9 Å². The van der Waals surface area contributed by atoms with E-state index in [2.05, 4.69) is 17.1 Å².